The molecule has 0 aromatic carbocycles. The number of aliphatic carboxylic acids is 1. The summed E-state index contributed by atoms with van der Waals surface area (Å²) >= 11 is 0. The van der Waals surface area contributed by atoms with E-state index < -0.39 is 172 Å². The first-order valence-corrected chi connectivity index (χ1v) is 17.3. The third-order valence-electron chi connectivity index (χ3n) is 9.47. The topological polar surface area (TPSA) is 357 Å². The van der Waals surface area contributed by atoms with Gasteiger partial charge in [-0.15, -0.1) is 0 Å². The van der Waals surface area contributed by atoms with E-state index in [4.69, 9.17) is 28.4 Å². The molecular weight excluding hydrogens is 772 g/mol. The summed E-state index contributed by atoms with van der Waals surface area (Å²) in [5, 5.41) is 86.5. The molecule has 0 spiro atoms. The maximum absolute atomic E-state index is 13.6. The highest BCUT2D eigenvalue weighted by molar-refractivity contribution is 5.88. The molecule has 0 aliphatic carbocycles. The molecule has 22 nitrogen and oxygen atoms in total. The van der Waals surface area contributed by atoms with Gasteiger partial charge in [0.2, 0.25) is 0 Å². The summed E-state index contributed by atoms with van der Waals surface area (Å²) < 4.78 is 31.1. The molecule has 0 bridgehead atoms. The first-order valence-electron chi connectivity index (χ1n) is 17.3. The molecule has 1 atom stereocenters. The minimum atomic E-state index is -2.55. The summed E-state index contributed by atoms with van der Waals surface area (Å²) in [4.78, 5) is 90.2. The number of carboxylic acid groups (broad SMARTS) is 1. The van der Waals surface area contributed by atoms with Gasteiger partial charge in [0, 0.05) is 0 Å². The fourth-order valence-corrected chi connectivity index (χ4v) is 3.62. The Kier molecular flexibility index (Phi) is 20.3. The fourth-order valence-electron chi connectivity index (χ4n) is 3.62. The van der Waals surface area contributed by atoms with Gasteiger partial charge in [-0.05, 0) is 48.5 Å². The molecule has 22 heteroatoms. The zero-order valence-corrected chi connectivity index (χ0v) is 33.2. The third-order valence-corrected chi connectivity index (χ3v) is 9.47. The van der Waals surface area contributed by atoms with Crippen molar-refractivity contribution in [2.75, 3.05) is 92.5 Å². The van der Waals surface area contributed by atoms with Crippen LogP contribution in [0.2, 0.25) is 0 Å². The van der Waals surface area contributed by atoms with E-state index in [2.05, 4.69) is 0 Å². The van der Waals surface area contributed by atoms with E-state index in [0.717, 1.165) is 48.5 Å². The average molecular weight is 831 g/mol. The molecule has 330 valence electrons. The maximum atomic E-state index is 13.6. The van der Waals surface area contributed by atoms with Crippen LogP contribution in [0.5, 0.6) is 0 Å². The second-order valence-electron chi connectivity index (χ2n) is 15.8. The lowest BCUT2D eigenvalue weighted by Gasteiger charge is -2.33. The lowest BCUT2D eigenvalue weighted by atomic mass is 9.86. The van der Waals surface area contributed by atoms with Gasteiger partial charge < -0.3 is 74.4 Å². The van der Waals surface area contributed by atoms with Crippen LogP contribution < -0.4 is 0 Å². The van der Waals surface area contributed by atoms with Crippen LogP contribution in [0.1, 0.15) is 48.5 Å². The number of carbonyl (C=O) groups is 7. The van der Waals surface area contributed by atoms with Gasteiger partial charge in [0.25, 0.3) is 0 Å². The van der Waals surface area contributed by atoms with E-state index in [9.17, 15) is 79.5 Å². The number of aliphatic hydroxyl groups is 8. The number of hydrogen-bond acceptors (Lipinski definition) is 21. The van der Waals surface area contributed by atoms with Crippen LogP contribution in [0.25, 0.3) is 0 Å². The molecule has 0 aliphatic rings. The number of rotatable bonds is 28. The molecule has 0 fully saturated rings. The van der Waals surface area contributed by atoms with Gasteiger partial charge in [-0.25, -0.2) is 4.79 Å². The van der Waals surface area contributed by atoms with Gasteiger partial charge in [-0.1, -0.05) is 0 Å². The first-order chi connectivity index (χ1) is 26.2. The van der Waals surface area contributed by atoms with Gasteiger partial charge >= 0.3 is 35.8 Å². The van der Waals surface area contributed by atoms with Crippen molar-refractivity contribution in [3.8, 4) is 0 Å². The van der Waals surface area contributed by atoms with E-state index in [1.54, 1.807) is 0 Å². The fraction of sp³-hybridized carbons (Fsp3) is 0.800. The van der Waals surface area contributed by atoms with Crippen LogP contribution in [0, 0.1) is 32.5 Å². The Balaban J connectivity index is 6.44. The van der Waals surface area contributed by atoms with Gasteiger partial charge in [0.1, 0.15) is 66.7 Å². The Hall–Kier alpha value is -3.87. The van der Waals surface area contributed by atoms with Gasteiger partial charge in [0.15, 0.2) is 11.4 Å². The number of carbonyl (C=O) groups excluding carboxylic acids is 6. The smallest absolute Gasteiger partial charge is 0.339 e. The van der Waals surface area contributed by atoms with Crippen molar-refractivity contribution in [1.29, 1.82) is 0 Å². The summed E-state index contributed by atoms with van der Waals surface area (Å²) in [6.45, 7) is -5.35. The van der Waals surface area contributed by atoms with E-state index >= 15 is 0 Å². The number of ether oxygens (including phenoxy) is 6. The lowest BCUT2D eigenvalue weighted by Crippen LogP contribution is -2.50. The molecule has 0 saturated heterocycles. The zero-order chi connectivity index (χ0) is 44.7. The Bertz CT molecular complexity index is 1230. The SMILES string of the molecule is CC(COC(=O)C(C)(CO)CO)(COC(=O)C(C)(CO)CO)C(=O)COC(C)(COC(=O)C(C)(COC(=O)C(C)(CO)CO)COC(=O)C(C)(CO)CO)C(=O)O. The summed E-state index contributed by atoms with van der Waals surface area (Å²) in [6, 6.07) is 0. The monoisotopic (exact) mass is 830 g/mol. The van der Waals surface area contributed by atoms with E-state index in [1.165, 1.54) is 0 Å². The van der Waals surface area contributed by atoms with Crippen LogP contribution >= 0.6 is 0 Å². The number of hydrogen-bond donors (Lipinski definition) is 9. The largest absolute Gasteiger partial charge is 0.479 e. The molecule has 0 aliphatic heterocycles. The van der Waals surface area contributed by atoms with Crippen molar-refractivity contribution < 1.29 is 108 Å². The van der Waals surface area contributed by atoms with Crippen molar-refractivity contribution in [2.45, 2.75) is 54.1 Å². The van der Waals surface area contributed by atoms with Crippen LogP contribution in [0.4, 0.5) is 0 Å². The van der Waals surface area contributed by atoms with Crippen LogP contribution in [0.3, 0.4) is 0 Å². The molecule has 9 N–H and O–H groups in total. The number of esters is 5. The number of Topliss-reactive ketones (excluding diaryl/α,β-unsaturated/α-hetero) is 1. The lowest BCUT2D eigenvalue weighted by molar-refractivity contribution is -0.188. The standard InChI is InChI=1S/C35H58O22/c1-29(9-36,10-37)24(47)52-17-33(5,18-53-25(48)30(2,11-38)12-39)22(44)8-57-35(7,23(45)46)21-56-28(51)34(6,19-54-26(49)31(3,13-40)14-41)20-55-27(50)32(4,15-42)16-43/h36-43H,8-21H2,1-7H3,(H,45,46). The second-order valence-corrected chi connectivity index (χ2v) is 15.8. The normalized spacial score (nSPS) is 13.9. The highest BCUT2D eigenvalue weighted by Gasteiger charge is 2.47. The Morgan fingerprint density at radius 3 is 0.842 bits per heavy atom. The van der Waals surface area contributed by atoms with Gasteiger partial charge in [-0.3, -0.25) is 28.8 Å². The predicted octanol–water partition coefficient (Wildman–Crippen LogP) is -3.89. The molecule has 1 unspecified atom stereocenters. The summed E-state index contributed by atoms with van der Waals surface area (Å²) in [5.74, 6) is -8.98. The Morgan fingerprint density at radius 1 is 0.368 bits per heavy atom. The van der Waals surface area contributed by atoms with Crippen molar-refractivity contribution in [3.05, 3.63) is 0 Å². The number of aliphatic hydroxyl groups excluding tert-OH is 8. The zero-order valence-electron chi connectivity index (χ0n) is 33.2. The molecule has 0 amide bonds. The summed E-state index contributed by atoms with van der Waals surface area (Å²) in [7, 11) is 0. The molecule has 0 aromatic heterocycles. The molecule has 0 radical (unpaired) electrons. The van der Waals surface area contributed by atoms with Crippen molar-refractivity contribution in [2.24, 2.45) is 32.5 Å². The van der Waals surface area contributed by atoms with Crippen molar-refractivity contribution in [1.82, 2.24) is 0 Å². The van der Waals surface area contributed by atoms with Crippen LogP contribution in [-0.2, 0) is 62.0 Å². The maximum Gasteiger partial charge on any atom is 0.339 e. The van der Waals surface area contributed by atoms with E-state index in [1.807, 2.05) is 0 Å². The quantitative estimate of drug-likeness (QED) is 0.0269. The third kappa shape index (κ3) is 13.6. The highest BCUT2D eigenvalue weighted by atomic mass is 16.6. The second kappa shape index (κ2) is 21.8. The minimum absolute atomic E-state index is 0.870. The molecular formula is C35H58O22. The van der Waals surface area contributed by atoms with Crippen molar-refractivity contribution in [3.63, 3.8) is 0 Å². The van der Waals surface area contributed by atoms with E-state index in [-0.39, 0.29) is 0 Å². The first kappa shape index (κ1) is 53.1. The minimum Gasteiger partial charge on any atom is -0.479 e. The Labute approximate surface area is 328 Å². The number of carboxylic acids is 1. The predicted molar refractivity (Wildman–Crippen MR) is 187 cm³/mol. The average Bonchev–Trinajstić information content (AvgIpc) is 3.22. The Morgan fingerprint density at radius 2 is 0.596 bits per heavy atom. The highest BCUT2D eigenvalue weighted by Crippen LogP contribution is 2.29. The summed E-state index contributed by atoms with van der Waals surface area (Å²) in [6.07, 6.45) is 0. The van der Waals surface area contributed by atoms with Gasteiger partial charge in [0.05, 0.1) is 58.3 Å². The molecule has 0 heterocycles. The summed E-state index contributed by atoms with van der Waals surface area (Å²) in [5.41, 5.74) is -14.1. The van der Waals surface area contributed by atoms with Crippen LogP contribution in [0.15, 0.2) is 0 Å². The molecule has 57 heavy (non-hydrogen) atoms. The van der Waals surface area contributed by atoms with E-state index in [0.29, 0.717) is 0 Å². The van der Waals surface area contributed by atoms with Crippen LogP contribution in [-0.4, -0.2) is 186 Å². The van der Waals surface area contributed by atoms with Crippen molar-refractivity contribution >= 4 is 41.6 Å². The molecule has 0 aromatic rings. The molecule has 0 rings (SSSR count). The number of ketones is 1. The molecule has 0 saturated carbocycles. The van der Waals surface area contributed by atoms with Gasteiger partial charge in [-0.2, -0.15) is 0 Å².